The van der Waals surface area contributed by atoms with Crippen molar-refractivity contribution in [1.29, 1.82) is 0 Å². The van der Waals surface area contributed by atoms with Crippen LogP contribution in [-0.2, 0) is 4.79 Å². The van der Waals surface area contributed by atoms with E-state index in [9.17, 15) is 4.79 Å². The van der Waals surface area contributed by atoms with Gasteiger partial charge < -0.3 is 10.3 Å². The Labute approximate surface area is 168 Å². The largest absolute Gasteiger partial charge is 0.360 e. The molecular weight excluding hydrogens is 346 g/mol. The first-order valence-corrected chi connectivity index (χ1v) is 11.6. The van der Waals surface area contributed by atoms with Crippen molar-refractivity contribution < 1.29 is 4.79 Å². The first-order chi connectivity index (χ1) is 13.8. The van der Waals surface area contributed by atoms with Crippen molar-refractivity contribution >= 4 is 22.6 Å². The highest BCUT2D eigenvalue weighted by atomic mass is 16.1. The zero-order chi connectivity index (χ0) is 19.2. The number of nitrogens with one attached hydrogen (secondary N) is 2. The van der Waals surface area contributed by atoms with Crippen LogP contribution in [0.5, 0.6) is 0 Å². The summed E-state index contributed by atoms with van der Waals surface area (Å²) in [6.07, 6.45) is 21.2. The van der Waals surface area contributed by atoms with Crippen LogP contribution in [0, 0.1) is 5.92 Å². The number of H-pyrrole nitrogens is 1. The molecule has 0 atom stereocenters. The fourth-order valence-electron chi connectivity index (χ4n) is 5.24. The molecule has 0 aliphatic heterocycles. The van der Waals surface area contributed by atoms with Gasteiger partial charge in [0.25, 0.3) is 0 Å². The maximum absolute atomic E-state index is 13.1. The molecule has 0 aromatic carbocycles. The Morgan fingerprint density at radius 3 is 2.18 bits per heavy atom. The Balaban J connectivity index is 1.61. The molecule has 4 nitrogen and oxygen atoms in total. The predicted molar refractivity (Wildman–Crippen MR) is 116 cm³/mol. The maximum Gasteiger partial charge on any atom is 0.227 e. The van der Waals surface area contributed by atoms with Crippen molar-refractivity contribution in [3.05, 3.63) is 24.0 Å². The number of anilines is 1. The van der Waals surface area contributed by atoms with Crippen LogP contribution < -0.4 is 5.32 Å². The first kappa shape index (κ1) is 19.5. The van der Waals surface area contributed by atoms with Crippen molar-refractivity contribution in [2.75, 3.05) is 5.32 Å². The molecule has 1 amide bonds. The monoisotopic (exact) mass is 381 g/mol. The van der Waals surface area contributed by atoms with Gasteiger partial charge in [0.2, 0.25) is 5.91 Å². The van der Waals surface area contributed by atoms with E-state index >= 15 is 0 Å². The summed E-state index contributed by atoms with van der Waals surface area (Å²) in [5.74, 6) is 0.876. The second kappa shape index (κ2) is 9.58. The van der Waals surface area contributed by atoms with Crippen LogP contribution in [-0.4, -0.2) is 15.9 Å². The molecular formula is C24H35N3O. The molecule has 0 unspecified atom stereocenters. The van der Waals surface area contributed by atoms with Gasteiger partial charge in [0, 0.05) is 17.7 Å². The fraction of sp³-hybridized carbons (Fsp3) is 0.667. The number of pyridine rings is 1. The molecule has 4 heteroatoms. The van der Waals surface area contributed by atoms with Gasteiger partial charge in [-0.05, 0) is 37.7 Å². The number of amides is 1. The molecule has 2 N–H and O–H groups in total. The molecule has 28 heavy (non-hydrogen) atoms. The van der Waals surface area contributed by atoms with E-state index in [0.29, 0.717) is 5.92 Å². The van der Waals surface area contributed by atoms with Crippen LogP contribution in [0.2, 0.25) is 0 Å². The molecule has 2 aliphatic rings. The molecule has 4 rings (SSSR count). The molecule has 2 saturated carbocycles. The molecule has 0 saturated heterocycles. The standard InChI is InChI=1S/C24H35N3O/c28-24(19-13-9-5-6-10-14-19)27-21-17-26-20-15-16-25-23(20)22(21)18-11-7-3-1-2-4-8-12-18/h15-19,25H,1-14H2,(H,27,28). The van der Waals surface area contributed by atoms with Crippen molar-refractivity contribution in [2.24, 2.45) is 5.92 Å². The van der Waals surface area contributed by atoms with E-state index in [-0.39, 0.29) is 11.8 Å². The zero-order valence-corrected chi connectivity index (χ0v) is 17.1. The van der Waals surface area contributed by atoms with Gasteiger partial charge in [-0.1, -0.05) is 64.2 Å². The number of aromatic amines is 1. The number of rotatable bonds is 3. The van der Waals surface area contributed by atoms with E-state index in [1.165, 1.54) is 82.6 Å². The van der Waals surface area contributed by atoms with E-state index in [1.54, 1.807) is 0 Å². The van der Waals surface area contributed by atoms with Gasteiger partial charge in [-0.2, -0.15) is 0 Å². The van der Waals surface area contributed by atoms with E-state index in [0.717, 1.165) is 29.6 Å². The highest BCUT2D eigenvalue weighted by Gasteiger charge is 2.25. The van der Waals surface area contributed by atoms with Gasteiger partial charge in [-0.3, -0.25) is 9.78 Å². The van der Waals surface area contributed by atoms with Crippen LogP contribution in [0.1, 0.15) is 101 Å². The van der Waals surface area contributed by atoms with Crippen LogP contribution >= 0.6 is 0 Å². The second-order valence-corrected chi connectivity index (χ2v) is 8.90. The summed E-state index contributed by atoms with van der Waals surface area (Å²) >= 11 is 0. The van der Waals surface area contributed by atoms with Crippen molar-refractivity contribution in [3.63, 3.8) is 0 Å². The lowest BCUT2D eigenvalue weighted by Crippen LogP contribution is -2.23. The lowest BCUT2D eigenvalue weighted by Gasteiger charge is -2.22. The van der Waals surface area contributed by atoms with E-state index in [4.69, 9.17) is 0 Å². The van der Waals surface area contributed by atoms with E-state index in [2.05, 4.69) is 15.3 Å². The Hall–Kier alpha value is -1.84. The van der Waals surface area contributed by atoms with E-state index < -0.39 is 0 Å². The van der Waals surface area contributed by atoms with Gasteiger partial charge >= 0.3 is 0 Å². The number of fused-ring (bicyclic) bond motifs is 1. The average Bonchev–Trinajstić information content (AvgIpc) is 3.07. The van der Waals surface area contributed by atoms with Crippen LogP contribution in [0.4, 0.5) is 5.69 Å². The molecule has 0 radical (unpaired) electrons. The third kappa shape index (κ3) is 4.59. The fourth-order valence-corrected chi connectivity index (χ4v) is 5.24. The van der Waals surface area contributed by atoms with Gasteiger partial charge in [0.1, 0.15) is 0 Å². The molecule has 152 valence electrons. The van der Waals surface area contributed by atoms with Crippen LogP contribution in [0.3, 0.4) is 0 Å². The normalized spacial score (nSPS) is 20.9. The van der Waals surface area contributed by atoms with Gasteiger partial charge in [0.05, 0.1) is 22.9 Å². The summed E-state index contributed by atoms with van der Waals surface area (Å²) in [6, 6.07) is 2.05. The smallest absolute Gasteiger partial charge is 0.227 e. The predicted octanol–water partition coefficient (Wildman–Crippen LogP) is 6.69. The van der Waals surface area contributed by atoms with Crippen molar-refractivity contribution in [2.45, 2.75) is 95.8 Å². The van der Waals surface area contributed by atoms with Gasteiger partial charge in [-0.25, -0.2) is 0 Å². The molecule has 0 spiro atoms. The quantitative estimate of drug-likeness (QED) is 0.582. The Morgan fingerprint density at radius 2 is 1.50 bits per heavy atom. The Morgan fingerprint density at radius 1 is 0.893 bits per heavy atom. The molecule has 2 heterocycles. The number of carbonyl (C=O) groups is 1. The number of carbonyl (C=O) groups excluding carboxylic acids is 1. The summed E-state index contributed by atoms with van der Waals surface area (Å²) in [4.78, 5) is 21.1. The molecule has 2 aromatic heterocycles. The first-order valence-electron chi connectivity index (χ1n) is 11.6. The van der Waals surface area contributed by atoms with Gasteiger partial charge in [-0.15, -0.1) is 0 Å². The molecule has 2 aromatic rings. The Bertz CT molecular complexity index is 763. The zero-order valence-electron chi connectivity index (χ0n) is 17.1. The molecule has 0 bridgehead atoms. The topological polar surface area (TPSA) is 57.8 Å². The minimum absolute atomic E-state index is 0.162. The SMILES string of the molecule is O=C(Nc1cnc2cc[nH]c2c1C1CCCCCCCC1)C1CCCCCC1. The summed E-state index contributed by atoms with van der Waals surface area (Å²) in [5.41, 5.74) is 4.40. The molecule has 2 aliphatic carbocycles. The average molecular weight is 382 g/mol. The highest BCUT2D eigenvalue weighted by Crippen LogP contribution is 2.38. The number of aromatic nitrogens is 2. The number of hydrogen-bond acceptors (Lipinski definition) is 2. The summed E-state index contributed by atoms with van der Waals surface area (Å²) < 4.78 is 0. The lowest BCUT2D eigenvalue weighted by molar-refractivity contribution is -0.120. The number of nitrogens with zero attached hydrogens (tertiary/aromatic N) is 1. The summed E-state index contributed by atoms with van der Waals surface area (Å²) in [6.45, 7) is 0. The van der Waals surface area contributed by atoms with Crippen LogP contribution in [0.25, 0.3) is 11.0 Å². The third-order valence-corrected chi connectivity index (χ3v) is 6.86. The number of hydrogen-bond donors (Lipinski definition) is 2. The maximum atomic E-state index is 13.1. The summed E-state index contributed by atoms with van der Waals surface area (Å²) in [7, 11) is 0. The molecule has 2 fully saturated rings. The summed E-state index contributed by atoms with van der Waals surface area (Å²) in [5, 5.41) is 3.32. The highest BCUT2D eigenvalue weighted by molar-refractivity contribution is 5.96. The third-order valence-electron chi connectivity index (χ3n) is 6.86. The van der Waals surface area contributed by atoms with Crippen molar-refractivity contribution in [1.82, 2.24) is 9.97 Å². The minimum atomic E-state index is 0.162. The minimum Gasteiger partial charge on any atom is -0.360 e. The van der Waals surface area contributed by atoms with Crippen LogP contribution in [0.15, 0.2) is 18.5 Å². The Kier molecular flexibility index (Phi) is 6.66. The lowest BCUT2D eigenvalue weighted by atomic mass is 9.88. The second-order valence-electron chi connectivity index (χ2n) is 8.90. The van der Waals surface area contributed by atoms with Gasteiger partial charge in [0.15, 0.2) is 0 Å². The van der Waals surface area contributed by atoms with E-state index in [1.807, 2.05) is 18.5 Å². The van der Waals surface area contributed by atoms with Crippen molar-refractivity contribution in [3.8, 4) is 0 Å².